The van der Waals surface area contributed by atoms with Gasteiger partial charge in [-0.2, -0.15) is 0 Å². The van der Waals surface area contributed by atoms with Gasteiger partial charge < -0.3 is 15.0 Å². The molecule has 0 spiro atoms. The number of carbonyl (C=O) groups excluding carboxylic acids is 1. The summed E-state index contributed by atoms with van der Waals surface area (Å²) < 4.78 is 42.0. The third-order valence-corrected chi connectivity index (χ3v) is 5.86. The SMILES string of the molecule is Cc1cc(NC(=O)c2cc(S(=O)(=O)N[C@H]3C[C@@H](O)C3)cn2C)ccc1F. The Morgan fingerprint density at radius 2 is 2.00 bits per heavy atom. The highest BCUT2D eigenvalue weighted by molar-refractivity contribution is 7.89. The first-order valence-electron chi connectivity index (χ1n) is 8.10. The van der Waals surface area contributed by atoms with E-state index in [4.69, 9.17) is 0 Å². The number of aliphatic hydroxyl groups is 1. The smallest absolute Gasteiger partial charge is 0.272 e. The molecule has 1 aliphatic rings. The first-order chi connectivity index (χ1) is 12.2. The molecule has 0 aliphatic heterocycles. The Morgan fingerprint density at radius 1 is 1.31 bits per heavy atom. The molecule has 0 unspecified atom stereocenters. The topological polar surface area (TPSA) is 100 Å². The summed E-state index contributed by atoms with van der Waals surface area (Å²) in [6, 6.07) is 5.17. The van der Waals surface area contributed by atoms with Gasteiger partial charge in [0.1, 0.15) is 16.4 Å². The molecule has 26 heavy (non-hydrogen) atoms. The lowest BCUT2D eigenvalue weighted by atomic mass is 9.91. The van der Waals surface area contributed by atoms with E-state index in [1.165, 1.54) is 35.0 Å². The molecule has 0 atom stereocenters. The van der Waals surface area contributed by atoms with Gasteiger partial charge in [-0.05, 0) is 49.6 Å². The number of aryl methyl sites for hydroxylation is 2. The van der Waals surface area contributed by atoms with Gasteiger partial charge >= 0.3 is 0 Å². The van der Waals surface area contributed by atoms with Crippen molar-refractivity contribution in [2.45, 2.75) is 36.8 Å². The van der Waals surface area contributed by atoms with Crippen LogP contribution in [0.5, 0.6) is 0 Å². The molecule has 1 heterocycles. The van der Waals surface area contributed by atoms with E-state index in [1.54, 1.807) is 14.0 Å². The number of nitrogens with zero attached hydrogens (tertiary/aromatic N) is 1. The first-order valence-corrected chi connectivity index (χ1v) is 9.58. The second-order valence-electron chi connectivity index (χ2n) is 6.53. The third kappa shape index (κ3) is 3.79. The Bertz CT molecular complexity index is 949. The van der Waals surface area contributed by atoms with Gasteiger partial charge in [-0.3, -0.25) is 4.79 Å². The zero-order valence-electron chi connectivity index (χ0n) is 14.4. The molecule has 140 valence electrons. The molecule has 3 rings (SSSR count). The Balaban J connectivity index is 1.76. The van der Waals surface area contributed by atoms with Crippen LogP contribution in [-0.2, 0) is 17.1 Å². The van der Waals surface area contributed by atoms with Crippen molar-refractivity contribution in [3.05, 3.63) is 47.5 Å². The number of aliphatic hydroxyl groups excluding tert-OH is 1. The van der Waals surface area contributed by atoms with Crippen molar-refractivity contribution >= 4 is 21.6 Å². The summed E-state index contributed by atoms with van der Waals surface area (Å²) in [5.41, 5.74) is 0.965. The monoisotopic (exact) mass is 381 g/mol. The van der Waals surface area contributed by atoms with Gasteiger partial charge in [0, 0.05) is 25.0 Å². The first kappa shape index (κ1) is 18.6. The second kappa shape index (κ2) is 6.82. The fraction of sp³-hybridized carbons (Fsp3) is 0.353. The van der Waals surface area contributed by atoms with Crippen LogP contribution in [0.1, 0.15) is 28.9 Å². The van der Waals surface area contributed by atoms with Crippen LogP contribution in [-0.4, -0.2) is 36.1 Å². The van der Waals surface area contributed by atoms with E-state index >= 15 is 0 Å². The predicted molar refractivity (Wildman–Crippen MR) is 93.9 cm³/mol. The van der Waals surface area contributed by atoms with Crippen LogP contribution in [0.25, 0.3) is 0 Å². The van der Waals surface area contributed by atoms with Crippen molar-refractivity contribution in [1.82, 2.24) is 9.29 Å². The molecule has 1 aliphatic carbocycles. The molecule has 1 fully saturated rings. The molecule has 0 radical (unpaired) electrons. The van der Waals surface area contributed by atoms with Gasteiger partial charge in [0.25, 0.3) is 5.91 Å². The molecule has 0 saturated heterocycles. The zero-order valence-corrected chi connectivity index (χ0v) is 15.2. The van der Waals surface area contributed by atoms with Gasteiger partial charge in [-0.25, -0.2) is 17.5 Å². The van der Waals surface area contributed by atoms with E-state index in [0.29, 0.717) is 24.1 Å². The lowest BCUT2D eigenvalue weighted by molar-refractivity contribution is 0.0712. The Labute approximate surface area is 150 Å². The van der Waals surface area contributed by atoms with Gasteiger partial charge in [-0.1, -0.05) is 0 Å². The van der Waals surface area contributed by atoms with Crippen LogP contribution < -0.4 is 10.0 Å². The highest BCUT2D eigenvalue weighted by atomic mass is 32.2. The maximum Gasteiger partial charge on any atom is 0.272 e. The minimum atomic E-state index is -3.78. The highest BCUT2D eigenvalue weighted by Crippen LogP contribution is 2.23. The number of benzene rings is 1. The van der Waals surface area contributed by atoms with E-state index in [1.807, 2.05) is 0 Å². The number of carbonyl (C=O) groups is 1. The minimum Gasteiger partial charge on any atom is -0.393 e. The Kier molecular flexibility index (Phi) is 4.87. The number of hydrogen-bond donors (Lipinski definition) is 3. The number of amides is 1. The molecule has 1 saturated carbocycles. The molecule has 3 N–H and O–H groups in total. The van der Waals surface area contributed by atoms with Crippen LogP contribution in [0.4, 0.5) is 10.1 Å². The lowest BCUT2D eigenvalue weighted by Crippen LogP contribution is -2.46. The lowest BCUT2D eigenvalue weighted by Gasteiger charge is -2.31. The van der Waals surface area contributed by atoms with Crippen LogP contribution in [0.15, 0.2) is 35.4 Å². The standard InChI is InChI=1S/C17H20FN3O4S/c1-10-5-11(3-4-15(10)18)19-17(23)16-8-14(9-21(16)2)26(24,25)20-12-6-13(22)7-12/h3-5,8-9,12-13,20,22H,6-7H2,1-2H3,(H,19,23)/t12-,13+. The average molecular weight is 381 g/mol. The molecular formula is C17H20FN3O4S. The van der Waals surface area contributed by atoms with E-state index in [0.717, 1.165) is 0 Å². The van der Waals surface area contributed by atoms with Crippen molar-refractivity contribution in [3.63, 3.8) is 0 Å². The summed E-state index contributed by atoms with van der Waals surface area (Å²) in [5, 5.41) is 11.9. The number of halogens is 1. The van der Waals surface area contributed by atoms with Crippen LogP contribution in [0, 0.1) is 12.7 Å². The Morgan fingerprint density at radius 3 is 2.62 bits per heavy atom. The van der Waals surface area contributed by atoms with E-state index in [-0.39, 0.29) is 22.4 Å². The summed E-state index contributed by atoms with van der Waals surface area (Å²) in [7, 11) is -2.21. The van der Waals surface area contributed by atoms with Gasteiger partial charge in [0.15, 0.2) is 0 Å². The number of hydrogen-bond acceptors (Lipinski definition) is 4. The maximum absolute atomic E-state index is 13.3. The fourth-order valence-corrected chi connectivity index (χ4v) is 4.13. The normalized spacial score (nSPS) is 19.8. The molecule has 1 amide bonds. The molecule has 1 aromatic heterocycles. The van der Waals surface area contributed by atoms with E-state index < -0.39 is 22.0 Å². The maximum atomic E-state index is 13.3. The second-order valence-corrected chi connectivity index (χ2v) is 8.25. The minimum absolute atomic E-state index is 0.0261. The predicted octanol–water partition coefficient (Wildman–Crippen LogP) is 1.53. The average Bonchev–Trinajstić information content (AvgIpc) is 2.92. The number of anilines is 1. The van der Waals surface area contributed by atoms with Crippen LogP contribution in [0.2, 0.25) is 0 Å². The van der Waals surface area contributed by atoms with Gasteiger partial charge in [0.2, 0.25) is 10.0 Å². The number of sulfonamides is 1. The fourth-order valence-electron chi connectivity index (χ4n) is 2.80. The number of nitrogens with one attached hydrogen (secondary N) is 2. The van der Waals surface area contributed by atoms with Crippen molar-refractivity contribution in [2.24, 2.45) is 7.05 Å². The van der Waals surface area contributed by atoms with Gasteiger partial charge in [0.05, 0.1) is 6.10 Å². The molecule has 7 nitrogen and oxygen atoms in total. The van der Waals surface area contributed by atoms with Crippen molar-refractivity contribution < 1.29 is 22.7 Å². The van der Waals surface area contributed by atoms with Crippen molar-refractivity contribution in [3.8, 4) is 0 Å². The molecule has 2 aromatic rings. The summed E-state index contributed by atoms with van der Waals surface area (Å²) in [4.78, 5) is 12.4. The van der Waals surface area contributed by atoms with Crippen LogP contribution in [0.3, 0.4) is 0 Å². The number of rotatable bonds is 5. The van der Waals surface area contributed by atoms with E-state index in [9.17, 15) is 22.7 Å². The van der Waals surface area contributed by atoms with Crippen molar-refractivity contribution in [2.75, 3.05) is 5.32 Å². The van der Waals surface area contributed by atoms with Gasteiger partial charge in [-0.15, -0.1) is 0 Å². The summed E-state index contributed by atoms with van der Waals surface area (Å²) in [6.07, 6.45) is 1.63. The summed E-state index contributed by atoms with van der Waals surface area (Å²) >= 11 is 0. The number of aromatic nitrogens is 1. The summed E-state index contributed by atoms with van der Waals surface area (Å²) in [5.74, 6) is -0.874. The molecule has 1 aromatic carbocycles. The van der Waals surface area contributed by atoms with Crippen molar-refractivity contribution in [1.29, 1.82) is 0 Å². The molecule has 0 bridgehead atoms. The highest BCUT2D eigenvalue weighted by Gasteiger charge is 2.32. The Hall–Kier alpha value is -2.23. The summed E-state index contributed by atoms with van der Waals surface area (Å²) in [6.45, 7) is 1.58. The quantitative estimate of drug-likeness (QED) is 0.731. The van der Waals surface area contributed by atoms with E-state index in [2.05, 4.69) is 10.0 Å². The molecule has 9 heteroatoms. The zero-order chi connectivity index (χ0) is 19.1. The molecular weight excluding hydrogens is 361 g/mol. The van der Waals surface area contributed by atoms with Crippen LogP contribution >= 0.6 is 0 Å². The third-order valence-electron chi connectivity index (χ3n) is 4.37. The largest absolute Gasteiger partial charge is 0.393 e.